The number of amides is 1. The van der Waals surface area contributed by atoms with Crippen LogP contribution >= 0.6 is 0 Å². The number of carbonyl (C=O) groups is 1. The van der Waals surface area contributed by atoms with Gasteiger partial charge in [0, 0.05) is 26.1 Å². The second-order valence-corrected chi connectivity index (χ2v) is 3.72. The van der Waals surface area contributed by atoms with Crippen molar-refractivity contribution < 1.29 is 4.79 Å². The molecule has 0 aliphatic carbocycles. The molecule has 3 nitrogen and oxygen atoms in total. The second-order valence-electron chi connectivity index (χ2n) is 3.72. The van der Waals surface area contributed by atoms with Crippen LogP contribution in [0.25, 0.3) is 0 Å². The fourth-order valence-corrected chi connectivity index (χ4v) is 1.30. The predicted molar refractivity (Wildman–Crippen MR) is 61.9 cm³/mol. The number of para-hydroxylation sites is 1. The SMILES string of the molecule is CC(=O)N(CCN(C)C)c1[c]cccc1. The molecule has 0 atom stereocenters. The zero-order chi connectivity index (χ0) is 11.3. The highest BCUT2D eigenvalue weighted by Gasteiger charge is 2.10. The third kappa shape index (κ3) is 3.72. The smallest absolute Gasteiger partial charge is 0.223 e. The van der Waals surface area contributed by atoms with E-state index < -0.39 is 0 Å². The summed E-state index contributed by atoms with van der Waals surface area (Å²) in [7, 11) is 3.99. The van der Waals surface area contributed by atoms with Crippen LogP contribution in [0.5, 0.6) is 0 Å². The molecule has 0 N–H and O–H groups in total. The van der Waals surface area contributed by atoms with E-state index in [-0.39, 0.29) is 5.91 Å². The minimum atomic E-state index is 0.0549. The van der Waals surface area contributed by atoms with Crippen LogP contribution in [0, 0.1) is 6.07 Å². The molecule has 0 aliphatic rings. The molecular formula is C12H17N2O. The molecule has 0 fully saturated rings. The van der Waals surface area contributed by atoms with Crippen LogP contribution in [0.2, 0.25) is 0 Å². The predicted octanol–water partition coefficient (Wildman–Crippen LogP) is 1.40. The van der Waals surface area contributed by atoms with Crippen LogP contribution in [0.1, 0.15) is 6.92 Å². The fraction of sp³-hybridized carbons (Fsp3) is 0.417. The highest BCUT2D eigenvalue weighted by atomic mass is 16.2. The molecule has 0 aliphatic heterocycles. The Labute approximate surface area is 91.3 Å². The molecule has 1 rings (SSSR count). The number of carbonyl (C=O) groups excluding carboxylic acids is 1. The molecule has 3 heteroatoms. The average molecular weight is 205 g/mol. The van der Waals surface area contributed by atoms with Crippen LogP contribution < -0.4 is 4.90 Å². The Hall–Kier alpha value is -1.35. The van der Waals surface area contributed by atoms with E-state index in [0.717, 1.165) is 12.2 Å². The quantitative estimate of drug-likeness (QED) is 0.742. The molecule has 15 heavy (non-hydrogen) atoms. The summed E-state index contributed by atoms with van der Waals surface area (Å²) in [6.45, 7) is 3.13. The largest absolute Gasteiger partial charge is 0.311 e. The first-order valence-corrected chi connectivity index (χ1v) is 5.01. The van der Waals surface area contributed by atoms with Crippen molar-refractivity contribution in [3.63, 3.8) is 0 Å². The maximum atomic E-state index is 11.4. The molecule has 0 bridgehead atoms. The molecule has 81 valence electrons. The van der Waals surface area contributed by atoms with Gasteiger partial charge in [0.1, 0.15) is 0 Å². The average Bonchev–Trinajstić information content (AvgIpc) is 2.18. The molecule has 0 saturated heterocycles. The summed E-state index contributed by atoms with van der Waals surface area (Å²) in [6, 6.07) is 10.6. The molecular weight excluding hydrogens is 188 g/mol. The topological polar surface area (TPSA) is 23.6 Å². The Bertz CT molecular complexity index is 309. The zero-order valence-electron chi connectivity index (χ0n) is 9.53. The van der Waals surface area contributed by atoms with Crippen molar-refractivity contribution in [1.29, 1.82) is 0 Å². The van der Waals surface area contributed by atoms with Gasteiger partial charge in [0.05, 0.1) is 5.69 Å². The number of rotatable bonds is 4. The van der Waals surface area contributed by atoms with Gasteiger partial charge in [0.25, 0.3) is 0 Å². The number of benzene rings is 1. The van der Waals surface area contributed by atoms with Gasteiger partial charge in [-0.05, 0) is 20.2 Å². The molecule has 0 heterocycles. The summed E-state index contributed by atoms with van der Waals surface area (Å²) in [4.78, 5) is 15.2. The van der Waals surface area contributed by atoms with Crippen LogP contribution in [-0.2, 0) is 4.79 Å². The van der Waals surface area contributed by atoms with Crippen molar-refractivity contribution in [2.45, 2.75) is 6.92 Å². The van der Waals surface area contributed by atoms with Gasteiger partial charge in [-0.1, -0.05) is 18.2 Å². The van der Waals surface area contributed by atoms with Crippen LogP contribution in [0.15, 0.2) is 24.3 Å². The van der Waals surface area contributed by atoms with E-state index in [1.54, 1.807) is 11.8 Å². The minimum absolute atomic E-state index is 0.0549. The molecule has 1 aromatic carbocycles. The summed E-state index contributed by atoms with van der Waals surface area (Å²) in [6.07, 6.45) is 0. The molecule has 1 amide bonds. The monoisotopic (exact) mass is 205 g/mol. The first-order chi connectivity index (χ1) is 7.11. The highest BCUT2D eigenvalue weighted by Crippen LogP contribution is 2.11. The summed E-state index contributed by atoms with van der Waals surface area (Å²) in [5.41, 5.74) is 0.840. The van der Waals surface area contributed by atoms with Crippen molar-refractivity contribution >= 4 is 11.6 Å². The maximum Gasteiger partial charge on any atom is 0.223 e. The lowest BCUT2D eigenvalue weighted by molar-refractivity contribution is -0.116. The van der Waals surface area contributed by atoms with E-state index >= 15 is 0 Å². The van der Waals surface area contributed by atoms with Gasteiger partial charge in [-0.2, -0.15) is 0 Å². The molecule has 0 spiro atoms. The number of likely N-dealkylation sites (N-methyl/N-ethyl adjacent to an activating group) is 1. The Kier molecular flexibility index (Phi) is 4.31. The Morgan fingerprint density at radius 3 is 2.53 bits per heavy atom. The van der Waals surface area contributed by atoms with E-state index in [2.05, 4.69) is 11.0 Å². The third-order valence-electron chi connectivity index (χ3n) is 2.13. The van der Waals surface area contributed by atoms with E-state index in [0.29, 0.717) is 6.54 Å². The van der Waals surface area contributed by atoms with E-state index in [4.69, 9.17) is 0 Å². The normalized spacial score (nSPS) is 10.4. The maximum absolute atomic E-state index is 11.4. The molecule has 1 aromatic rings. The molecule has 0 unspecified atom stereocenters. The van der Waals surface area contributed by atoms with Crippen LogP contribution in [0.4, 0.5) is 5.69 Å². The lowest BCUT2D eigenvalue weighted by atomic mass is 10.3. The van der Waals surface area contributed by atoms with Crippen molar-refractivity contribution in [3.05, 3.63) is 30.3 Å². The summed E-state index contributed by atoms with van der Waals surface area (Å²) in [5, 5.41) is 0. The Balaban J connectivity index is 2.71. The van der Waals surface area contributed by atoms with Gasteiger partial charge in [0.2, 0.25) is 5.91 Å². The van der Waals surface area contributed by atoms with Gasteiger partial charge >= 0.3 is 0 Å². The minimum Gasteiger partial charge on any atom is -0.311 e. The molecule has 1 radical (unpaired) electrons. The lowest BCUT2D eigenvalue weighted by Crippen LogP contribution is -2.35. The number of anilines is 1. The summed E-state index contributed by atoms with van der Waals surface area (Å²) < 4.78 is 0. The van der Waals surface area contributed by atoms with Gasteiger partial charge in [0.15, 0.2) is 0 Å². The second kappa shape index (κ2) is 5.51. The fourth-order valence-electron chi connectivity index (χ4n) is 1.30. The number of hydrogen-bond donors (Lipinski definition) is 0. The molecule has 0 saturated carbocycles. The van der Waals surface area contributed by atoms with Crippen molar-refractivity contribution in [3.8, 4) is 0 Å². The third-order valence-corrected chi connectivity index (χ3v) is 2.13. The Morgan fingerprint density at radius 2 is 2.07 bits per heavy atom. The van der Waals surface area contributed by atoms with E-state index in [1.807, 2.05) is 38.4 Å². The van der Waals surface area contributed by atoms with Crippen LogP contribution in [0.3, 0.4) is 0 Å². The number of nitrogens with zero attached hydrogens (tertiary/aromatic N) is 2. The van der Waals surface area contributed by atoms with E-state index in [9.17, 15) is 4.79 Å². The van der Waals surface area contributed by atoms with Crippen LogP contribution in [-0.4, -0.2) is 38.0 Å². The zero-order valence-corrected chi connectivity index (χ0v) is 9.53. The molecule has 0 aromatic heterocycles. The van der Waals surface area contributed by atoms with Gasteiger partial charge in [-0.3, -0.25) is 4.79 Å². The summed E-state index contributed by atoms with van der Waals surface area (Å²) in [5.74, 6) is 0.0549. The van der Waals surface area contributed by atoms with Gasteiger partial charge < -0.3 is 9.80 Å². The van der Waals surface area contributed by atoms with Gasteiger partial charge in [-0.25, -0.2) is 0 Å². The van der Waals surface area contributed by atoms with Gasteiger partial charge in [-0.15, -0.1) is 0 Å². The van der Waals surface area contributed by atoms with Crippen molar-refractivity contribution in [2.24, 2.45) is 0 Å². The first-order valence-electron chi connectivity index (χ1n) is 5.01. The summed E-state index contributed by atoms with van der Waals surface area (Å²) >= 11 is 0. The number of hydrogen-bond acceptors (Lipinski definition) is 2. The van der Waals surface area contributed by atoms with E-state index in [1.165, 1.54) is 0 Å². The standard InChI is InChI=1S/C12H17N2O/c1-11(15)14(10-9-13(2)3)12-7-5-4-6-8-12/h4-7H,9-10H2,1-3H3. The van der Waals surface area contributed by atoms with Crippen molar-refractivity contribution in [2.75, 3.05) is 32.1 Å². The first kappa shape index (κ1) is 11.7. The van der Waals surface area contributed by atoms with Crippen molar-refractivity contribution in [1.82, 2.24) is 4.90 Å². The Morgan fingerprint density at radius 1 is 1.33 bits per heavy atom. The highest BCUT2D eigenvalue weighted by molar-refractivity contribution is 5.91. The lowest BCUT2D eigenvalue weighted by Gasteiger charge is -2.22.